The molecule has 0 unspecified atom stereocenters. The Morgan fingerprint density at radius 1 is 1.31 bits per heavy atom. The van der Waals surface area contributed by atoms with E-state index in [1.165, 1.54) is 16.7 Å². The molecule has 2 fully saturated rings. The van der Waals surface area contributed by atoms with Gasteiger partial charge in [0.15, 0.2) is 0 Å². The summed E-state index contributed by atoms with van der Waals surface area (Å²) in [4.78, 5) is 29.4. The maximum Gasteiger partial charge on any atom is 0.270 e. The fraction of sp³-hybridized carbons (Fsp3) is 0.444. The minimum Gasteiger partial charge on any atom is -0.357 e. The van der Waals surface area contributed by atoms with E-state index in [-0.39, 0.29) is 17.0 Å². The largest absolute Gasteiger partial charge is 0.357 e. The normalized spacial score (nSPS) is 18.9. The van der Waals surface area contributed by atoms with Crippen LogP contribution in [0.25, 0.3) is 6.08 Å². The zero-order valence-electron chi connectivity index (χ0n) is 15.0. The van der Waals surface area contributed by atoms with Crippen molar-refractivity contribution >= 4 is 46.1 Å². The van der Waals surface area contributed by atoms with Crippen LogP contribution >= 0.6 is 24.0 Å². The Hall–Kier alpha value is -2.11. The molecular formula is C18H20N4O2S2. The van der Waals surface area contributed by atoms with Crippen LogP contribution in [0.4, 0.5) is 5.82 Å². The maximum atomic E-state index is 12.8. The first-order chi connectivity index (χ1) is 12.4. The van der Waals surface area contributed by atoms with Crippen LogP contribution in [-0.2, 0) is 11.3 Å². The van der Waals surface area contributed by atoms with Crippen LogP contribution in [0.1, 0.15) is 36.5 Å². The van der Waals surface area contributed by atoms with Gasteiger partial charge in [-0.15, -0.1) is 0 Å². The molecule has 26 heavy (non-hydrogen) atoms. The summed E-state index contributed by atoms with van der Waals surface area (Å²) in [7, 11) is 1.65. The average molecular weight is 389 g/mol. The molecule has 0 spiro atoms. The first kappa shape index (κ1) is 18.7. The predicted octanol–water partition coefficient (Wildman–Crippen LogP) is 2.48. The quantitative estimate of drug-likeness (QED) is 0.585. The van der Waals surface area contributed by atoms with Gasteiger partial charge in [0.05, 0.1) is 4.91 Å². The highest BCUT2D eigenvalue weighted by Crippen LogP contribution is 2.35. The summed E-state index contributed by atoms with van der Waals surface area (Å²) < 4.78 is 2.15. The van der Waals surface area contributed by atoms with E-state index in [9.17, 15) is 14.9 Å². The second kappa shape index (κ2) is 7.25. The minimum absolute atomic E-state index is 0.132. The topological polar surface area (TPSA) is 69.3 Å². The molecule has 0 aliphatic carbocycles. The Balaban J connectivity index is 2.29. The summed E-state index contributed by atoms with van der Waals surface area (Å²) in [5.41, 5.74) is 1.24. The lowest BCUT2D eigenvalue weighted by Gasteiger charge is -2.26. The van der Waals surface area contributed by atoms with E-state index in [0.717, 1.165) is 37.3 Å². The summed E-state index contributed by atoms with van der Waals surface area (Å²) >= 11 is 6.46. The van der Waals surface area contributed by atoms with Gasteiger partial charge in [0.2, 0.25) is 0 Å². The molecule has 1 aromatic rings. The highest BCUT2D eigenvalue weighted by molar-refractivity contribution is 8.26. The smallest absolute Gasteiger partial charge is 0.270 e. The molecule has 3 rings (SSSR count). The van der Waals surface area contributed by atoms with Crippen molar-refractivity contribution in [1.29, 1.82) is 5.26 Å². The van der Waals surface area contributed by atoms with Gasteiger partial charge in [-0.05, 0) is 38.3 Å². The van der Waals surface area contributed by atoms with Gasteiger partial charge in [0.1, 0.15) is 21.8 Å². The number of carbonyl (C=O) groups is 1. The molecule has 0 N–H and O–H groups in total. The molecule has 2 aliphatic rings. The molecule has 1 amide bonds. The van der Waals surface area contributed by atoms with E-state index in [4.69, 9.17) is 12.2 Å². The van der Waals surface area contributed by atoms with Gasteiger partial charge in [0.25, 0.3) is 11.5 Å². The van der Waals surface area contributed by atoms with Crippen molar-refractivity contribution in [2.75, 3.05) is 25.0 Å². The first-order valence-electron chi connectivity index (χ1n) is 8.54. The standard InChI is InChI=1S/C18H20N4O2S2/c1-4-22-15(21-7-5-6-8-21)12(11(2)13(10-19)16(22)23)9-14-17(24)20(3)18(25)26-14/h9H,4-8H2,1-3H3. The van der Waals surface area contributed by atoms with Gasteiger partial charge in [-0.25, -0.2) is 0 Å². The van der Waals surface area contributed by atoms with E-state index in [1.807, 2.05) is 13.0 Å². The number of thioether (sulfide) groups is 1. The molecule has 0 bridgehead atoms. The Morgan fingerprint density at radius 2 is 1.96 bits per heavy atom. The summed E-state index contributed by atoms with van der Waals surface area (Å²) in [6.45, 7) is 5.86. The van der Waals surface area contributed by atoms with Crippen molar-refractivity contribution in [2.45, 2.75) is 33.2 Å². The molecule has 136 valence electrons. The number of likely N-dealkylation sites (N-methyl/N-ethyl adjacent to an activating group) is 1. The number of hydrogen-bond acceptors (Lipinski definition) is 6. The molecule has 3 heterocycles. The molecule has 8 heteroatoms. The van der Waals surface area contributed by atoms with Crippen molar-refractivity contribution in [3.8, 4) is 6.07 Å². The Labute approximate surface area is 162 Å². The third kappa shape index (κ3) is 2.95. The summed E-state index contributed by atoms with van der Waals surface area (Å²) in [6, 6.07) is 2.04. The van der Waals surface area contributed by atoms with Gasteiger partial charge >= 0.3 is 0 Å². The minimum atomic E-state index is -0.269. The lowest BCUT2D eigenvalue weighted by atomic mass is 10.0. The molecule has 6 nitrogen and oxygen atoms in total. The van der Waals surface area contributed by atoms with Gasteiger partial charge < -0.3 is 4.90 Å². The van der Waals surface area contributed by atoms with Crippen molar-refractivity contribution in [1.82, 2.24) is 9.47 Å². The number of pyridine rings is 1. The van der Waals surface area contributed by atoms with Crippen molar-refractivity contribution in [3.63, 3.8) is 0 Å². The SMILES string of the molecule is CCn1c(N2CCCC2)c(C=C2SC(=S)N(C)C2=O)c(C)c(C#N)c1=O. The number of rotatable bonds is 3. The highest BCUT2D eigenvalue weighted by Gasteiger charge is 2.31. The number of thiocarbonyl (C=S) groups is 1. The number of carbonyl (C=O) groups excluding carboxylic acids is 1. The van der Waals surface area contributed by atoms with E-state index in [2.05, 4.69) is 4.90 Å². The third-order valence-corrected chi connectivity index (χ3v) is 6.31. The predicted molar refractivity (Wildman–Crippen MR) is 108 cm³/mol. The molecular weight excluding hydrogens is 368 g/mol. The number of hydrogen-bond donors (Lipinski definition) is 0. The van der Waals surface area contributed by atoms with Crippen LogP contribution in [0.15, 0.2) is 9.70 Å². The van der Waals surface area contributed by atoms with E-state index in [0.29, 0.717) is 21.3 Å². The molecule has 0 saturated carbocycles. The van der Waals surface area contributed by atoms with Crippen molar-refractivity contribution in [3.05, 3.63) is 31.9 Å². The van der Waals surface area contributed by atoms with E-state index in [1.54, 1.807) is 24.6 Å². The molecule has 2 saturated heterocycles. The zero-order chi connectivity index (χ0) is 19.0. The summed E-state index contributed by atoms with van der Waals surface area (Å²) in [5, 5.41) is 9.50. The first-order valence-corrected chi connectivity index (χ1v) is 9.77. The van der Waals surface area contributed by atoms with Crippen LogP contribution in [-0.4, -0.2) is 39.8 Å². The van der Waals surface area contributed by atoms with Crippen LogP contribution < -0.4 is 10.5 Å². The zero-order valence-corrected chi connectivity index (χ0v) is 16.7. The van der Waals surface area contributed by atoms with Gasteiger partial charge in [0, 0.05) is 32.2 Å². The Bertz CT molecular complexity index is 921. The lowest BCUT2D eigenvalue weighted by molar-refractivity contribution is -0.121. The molecule has 0 radical (unpaired) electrons. The van der Waals surface area contributed by atoms with Gasteiger partial charge in [-0.2, -0.15) is 5.26 Å². The molecule has 0 atom stereocenters. The second-order valence-electron chi connectivity index (χ2n) is 6.33. The second-order valence-corrected chi connectivity index (χ2v) is 8.01. The average Bonchev–Trinajstić information content (AvgIpc) is 3.23. The van der Waals surface area contributed by atoms with Crippen LogP contribution in [0.5, 0.6) is 0 Å². The van der Waals surface area contributed by atoms with Crippen LogP contribution in [0.3, 0.4) is 0 Å². The van der Waals surface area contributed by atoms with E-state index >= 15 is 0 Å². The Kier molecular flexibility index (Phi) is 5.21. The fourth-order valence-corrected chi connectivity index (χ4v) is 4.55. The lowest BCUT2D eigenvalue weighted by Crippen LogP contribution is -2.32. The van der Waals surface area contributed by atoms with E-state index < -0.39 is 0 Å². The summed E-state index contributed by atoms with van der Waals surface area (Å²) in [6.07, 6.45) is 3.92. The number of anilines is 1. The van der Waals surface area contributed by atoms with Gasteiger partial charge in [-0.1, -0.05) is 24.0 Å². The number of nitrogens with zero attached hydrogens (tertiary/aromatic N) is 4. The Morgan fingerprint density at radius 3 is 2.46 bits per heavy atom. The number of amides is 1. The summed E-state index contributed by atoms with van der Waals surface area (Å²) in [5.74, 6) is 0.646. The fourth-order valence-electron chi connectivity index (χ4n) is 3.38. The third-order valence-electron chi connectivity index (χ3n) is 4.83. The van der Waals surface area contributed by atoms with Gasteiger partial charge in [-0.3, -0.25) is 19.1 Å². The molecule has 0 aromatic carbocycles. The maximum absolute atomic E-state index is 12.8. The molecule has 1 aromatic heterocycles. The van der Waals surface area contributed by atoms with Crippen LogP contribution in [0.2, 0.25) is 0 Å². The number of nitriles is 1. The highest BCUT2D eigenvalue weighted by atomic mass is 32.2. The molecule has 2 aliphatic heterocycles. The van der Waals surface area contributed by atoms with Crippen LogP contribution in [0, 0.1) is 18.3 Å². The van der Waals surface area contributed by atoms with Crippen molar-refractivity contribution in [2.24, 2.45) is 0 Å². The van der Waals surface area contributed by atoms with Crippen molar-refractivity contribution < 1.29 is 4.79 Å². The number of aromatic nitrogens is 1. The monoisotopic (exact) mass is 388 g/mol.